The van der Waals surface area contributed by atoms with Crippen LogP contribution in [-0.4, -0.2) is 11.9 Å². The van der Waals surface area contributed by atoms with Crippen molar-refractivity contribution in [3.63, 3.8) is 0 Å². The summed E-state index contributed by atoms with van der Waals surface area (Å²) in [6.07, 6.45) is 5.20. The Labute approximate surface area is 65.4 Å². The fourth-order valence-corrected chi connectivity index (χ4v) is 2.26. The van der Waals surface area contributed by atoms with E-state index >= 15 is 0 Å². The highest BCUT2D eigenvalue weighted by atomic mass is 16.1. The minimum Gasteiger partial charge on any atom is -0.369 e. The van der Waals surface area contributed by atoms with Gasteiger partial charge in [0.2, 0.25) is 5.91 Å². The molecule has 0 aromatic heterocycles. The summed E-state index contributed by atoms with van der Waals surface area (Å²) in [6.45, 7) is 0. The lowest BCUT2D eigenvalue weighted by Crippen LogP contribution is -2.41. The molecule has 2 aliphatic rings. The number of carbonyl (C=O) groups is 1. The van der Waals surface area contributed by atoms with E-state index in [1.165, 1.54) is 0 Å². The number of rotatable bonds is 1. The molecule has 4 N–H and O–H groups in total. The molecule has 0 aromatic carbocycles. The Bertz CT molecular complexity index is 224. The first kappa shape index (κ1) is 6.85. The van der Waals surface area contributed by atoms with Crippen molar-refractivity contribution in [1.82, 2.24) is 0 Å². The number of hydrogen-bond acceptors (Lipinski definition) is 2. The number of nitrogens with two attached hydrogens (primary N) is 2. The van der Waals surface area contributed by atoms with E-state index in [1.807, 2.05) is 0 Å². The number of hydrogen-bond donors (Lipinski definition) is 2. The van der Waals surface area contributed by atoms with Crippen LogP contribution in [0.1, 0.15) is 6.42 Å². The number of amides is 1. The van der Waals surface area contributed by atoms with Crippen LogP contribution in [0.2, 0.25) is 0 Å². The Morgan fingerprint density at radius 2 is 2.00 bits per heavy atom. The van der Waals surface area contributed by atoms with E-state index in [4.69, 9.17) is 11.5 Å². The molecule has 0 aliphatic heterocycles. The van der Waals surface area contributed by atoms with Crippen LogP contribution in [-0.2, 0) is 4.79 Å². The fourth-order valence-electron chi connectivity index (χ4n) is 2.26. The van der Waals surface area contributed by atoms with Gasteiger partial charge in [-0.25, -0.2) is 0 Å². The maximum Gasteiger partial charge on any atom is 0.222 e. The summed E-state index contributed by atoms with van der Waals surface area (Å²) in [6, 6.07) is -0.0255. The molecule has 3 nitrogen and oxygen atoms in total. The van der Waals surface area contributed by atoms with Crippen molar-refractivity contribution in [1.29, 1.82) is 0 Å². The predicted octanol–water partition coefficient (Wildman–Crippen LogP) is -0.379. The SMILES string of the molecule is NC(=O)[C@H]1[C@H](N)[C@H]2C=C[C@H]1C2. The second-order valence-electron chi connectivity index (χ2n) is 3.45. The van der Waals surface area contributed by atoms with Gasteiger partial charge >= 0.3 is 0 Å². The van der Waals surface area contributed by atoms with E-state index in [-0.39, 0.29) is 17.9 Å². The topological polar surface area (TPSA) is 69.1 Å². The van der Waals surface area contributed by atoms with Crippen molar-refractivity contribution in [3.05, 3.63) is 12.2 Å². The van der Waals surface area contributed by atoms with Crippen molar-refractivity contribution in [2.24, 2.45) is 29.2 Å². The minimum atomic E-state index is -0.241. The summed E-state index contributed by atoms with van der Waals surface area (Å²) in [4.78, 5) is 10.9. The smallest absolute Gasteiger partial charge is 0.222 e. The first-order valence-electron chi connectivity index (χ1n) is 3.93. The van der Waals surface area contributed by atoms with Crippen LogP contribution in [0.5, 0.6) is 0 Å². The van der Waals surface area contributed by atoms with Gasteiger partial charge in [0.25, 0.3) is 0 Å². The number of carbonyl (C=O) groups excluding carboxylic acids is 1. The molecule has 2 aliphatic carbocycles. The third kappa shape index (κ3) is 0.807. The van der Waals surface area contributed by atoms with Crippen LogP contribution in [0.15, 0.2) is 12.2 Å². The van der Waals surface area contributed by atoms with E-state index in [1.54, 1.807) is 0 Å². The van der Waals surface area contributed by atoms with Crippen molar-refractivity contribution >= 4 is 5.91 Å². The van der Waals surface area contributed by atoms with Crippen LogP contribution in [0, 0.1) is 17.8 Å². The Morgan fingerprint density at radius 1 is 1.36 bits per heavy atom. The molecule has 0 radical (unpaired) electrons. The van der Waals surface area contributed by atoms with Gasteiger partial charge in [0.05, 0.1) is 5.92 Å². The number of primary amides is 1. The van der Waals surface area contributed by atoms with Gasteiger partial charge in [-0.15, -0.1) is 0 Å². The van der Waals surface area contributed by atoms with Crippen molar-refractivity contribution < 1.29 is 4.79 Å². The standard InChI is InChI=1S/C8H12N2O/c9-7-5-2-1-4(3-5)6(7)8(10)11/h1-2,4-7H,3,9H2,(H2,10,11)/t4-,5-,6+,7+/m0/s1. The molecule has 0 aromatic rings. The molecule has 0 saturated heterocycles. The summed E-state index contributed by atoms with van der Waals surface area (Å²) in [5.74, 6) is 0.379. The monoisotopic (exact) mass is 152 g/mol. The molecule has 1 amide bonds. The molecular weight excluding hydrogens is 140 g/mol. The minimum absolute atomic E-state index is 0.0255. The zero-order valence-corrected chi connectivity index (χ0v) is 6.23. The summed E-state index contributed by atoms with van der Waals surface area (Å²) >= 11 is 0. The summed E-state index contributed by atoms with van der Waals surface area (Å²) in [5, 5.41) is 0. The number of fused-ring (bicyclic) bond motifs is 2. The molecular formula is C8H12N2O. The van der Waals surface area contributed by atoms with Gasteiger partial charge in [0.1, 0.15) is 0 Å². The van der Waals surface area contributed by atoms with Crippen LogP contribution < -0.4 is 11.5 Å². The van der Waals surface area contributed by atoms with E-state index in [0.717, 1.165) is 6.42 Å². The quantitative estimate of drug-likeness (QED) is 0.503. The first-order valence-corrected chi connectivity index (χ1v) is 3.93. The second kappa shape index (κ2) is 2.08. The van der Waals surface area contributed by atoms with Gasteiger partial charge in [-0.1, -0.05) is 12.2 Å². The van der Waals surface area contributed by atoms with Gasteiger partial charge < -0.3 is 11.5 Å². The first-order chi connectivity index (χ1) is 5.20. The fraction of sp³-hybridized carbons (Fsp3) is 0.625. The Morgan fingerprint density at radius 3 is 2.36 bits per heavy atom. The highest BCUT2D eigenvalue weighted by molar-refractivity contribution is 5.79. The molecule has 60 valence electrons. The third-order valence-corrected chi connectivity index (χ3v) is 2.85. The Kier molecular flexibility index (Phi) is 1.29. The zero-order valence-electron chi connectivity index (χ0n) is 6.23. The van der Waals surface area contributed by atoms with E-state index in [0.29, 0.717) is 11.8 Å². The molecule has 3 heteroatoms. The normalized spacial score (nSPS) is 46.6. The van der Waals surface area contributed by atoms with Crippen molar-refractivity contribution in [3.8, 4) is 0 Å². The van der Waals surface area contributed by atoms with E-state index < -0.39 is 0 Å². The molecule has 1 fully saturated rings. The number of allylic oxidation sites excluding steroid dienone is 1. The second-order valence-corrected chi connectivity index (χ2v) is 3.45. The largest absolute Gasteiger partial charge is 0.369 e. The van der Waals surface area contributed by atoms with Gasteiger partial charge in [-0.3, -0.25) is 4.79 Å². The summed E-state index contributed by atoms with van der Waals surface area (Å²) in [5.41, 5.74) is 11.0. The van der Waals surface area contributed by atoms with Crippen molar-refractivity contribution in [2.45, 2.75) is 12.5 Å². The molecule has 11 heavy (non-hydrogen) atoms. The lowest BCUT2D eigenvalue weighted by Gasteiger charge is -2.20. The Balaban J connectivity index is 2.25. The predicted molar refractivity (Wildman–Crippen MR) is 41.4 cm³/mol. The maximum atomic E-state index is 10.9. The van der Waals surface area contributed by atoms with Crippen LogP contribution in [0.3, 0.4) is 0 Å². The highest BCUT2D eigenvalue weighted by Gasteiger charge is 2.45. The van der Waals surface area contributed by atoms with E-state index in [2.05, 4.69) is 12.2 Å². The van der Waals surface area contributed by atoms with Crippen LogP contribution in [0.25, 0.3) is 0 Å². The van der Waals surface area contributed by atoms with Crippen LogP contribution in [0.4, 0.5) is 0 Å². The van der Waals surface area contributed by atoms with Gasteiger partial charge in [-0.2, -0.15) is 0 Å². The average molecular weight is 152 g/mol. The molecule has 4 atom stereocenters. The van der Waals surface area contributed by atoms with Crippen molar-refractivity contribution in [2.75, 3.05) is 0 Å². The molecule has 2 bridgehead atoms. The average Bonchev–Trinajstić information content (AvgIpc) is 2.44. The summed E-state index contributed by atoms with van der Waals surface area (Å²) < 4.78 is 0. The Hall–Kier alpha value is -0.830. The maximum absolute atomic E-state index is 10.9. The molecule has 1 saturated carbocycles. The highest BCUT2D eigenvalue weighted by Crippen LogP contribution is 2.42. The lowest BCUT2D eigenvalue weighted by molar-refractivity contribution is -0.122. The third-order valence-electron chi connectivity index (χ3n) is 2.85. The molecule has 0 unspecified atom stereocenters. The lowest BCUT2D eigenvalue weighted by atomic mass is 9.89. The summed E-state index contributed by atoms with van der Waals surface area (Å²) in [7, 11) is 0. The van der Waals surface area contributed by atoms with Gasteiger partial charge in [-0.05, 0) is 18.3 Å². The molecule has 0 heterocycles. The zero-order chi connectivity index (χ0) is 8.01. The van der Waals surface area contributed by atoms with Gasteiger partial charge in [0.15, 0.2) is 0 Å². The molecule has 2 rings (SSSR count). The molecule has 0 spiro atoms. The van der Waals surface area contributed by atoms with Gasteiger partial charge in [0, 0.05) is 6.04 Å². The van der Waals surface area contributed by atoms with Crippen LogP contribution >= 0.6 is 0 Å². The van der Waals surface area contributed by atoms with E-state index in [9.17, 15) is 4.79 Å².